The molecule has 0 fully saturated rings. The number of rotatable bonds is 6. The second kappa shape index (κ2) is 6.38. The van der Waals surface area contributed by atoms with Crippen LogP contribution in [0.5, 0.6) is 5.75 Å². The van der Waals surface area contributed by atoms with Gasteiger partial charge in [0.15, 0.2) is 0 Å². The first kappa shape index (κ1) is 12.8. The lowest BCUT2D eigenvalue weighted by atomic mass is 10.3. The van der Waals surface area contributed by atoms with Gasteiger partial charge in [0.2, 0.25) is 0 Å². The largest absolute Gasteiger partial charge is 0.489 e. The van der Waals surface area contributed by atoms with E-state index in [1.807, 2.05) is 38.1 Å². The Morgan fingerprint density at radius 2 is 1.94 bits per heavy atom. The van der Waals surface area contributed by atoms with Crippen molar-refractivity contribution in [2.45, 2.75) is 20.0 Å². The molecule has 0 amide bonds. The lowest BCUT2D eigenvalue weighted by Crippen LogP contribution is -2.21. The third-order valence-electron chi connectivity index (χ3n) is 2.12. The molecule has 1 aromatic carbocycles. The molecule has 0 heterocycles. The Bertz CT molecular complexity index is 311. The van der Waals surface area contributed by atoms with Crippen molar-refractivity contribution < 1.29 is 4.74 Å². The van der Waals surface area contributed by atoms with E-state index in [9.17, 15) is 0 Å². The summed E-state index contributed by atoms with van der Waals surface area (Å²) >= 11 is 0. The first-order chi connectivity index (χ1) is 7.59. The van der Waals surface area contributed by atoms with E-state index in [1.54, 1.807) is 0 Å². The number of likely N-dealkylation sites (N-methyl/N-ethyl adjacent to an activating group) is 1. The third-order valence-corrected chi connectivity index (χ3v) is 2.12. The Morgan fingerprint density at radius 3 is 2.56 bits per heavy atom. The SMILES string of the molecule is CC(C)Oc1ccccc1NCCN(C)C. The number of benzene rings is 1. The summed E-state index contributed by atoms with van der Waals surface area (Å²) in [6, 6.07) is 8.06. The predicted octanol–water partition coefficient (Wildman–Crippen LogP) is 2.45. The fourth-order valence-electron chi connectivity index (χ4n) is 1.38. The molecule has 0 saturated carbocycles. The molecule has 0 unspecified atom stereocenters. The van der Waals surface area contributed by atoms with Crippen molar-refractivity contribution in [2.24, 2.45) is 0 Å². The highest BCUT2D eigenvalue weighted by Crippen LogP contribution is 2.24. The Hall–Kier alpha value is -1.22. The summed E-state index contributed by atoms with van der Waals surface area (Å²) < 4.78 is 5.73. The van der Waals surface area contributed by atoms with Crippen LogP contribution in [0.25, 0.3) is 0 Å². The lowest BCUT2D eigenvalue weighted by Gasteiger charge is -2.16. The lowest BCUT2D eigenvalue weighted by molar-refractivity contribution is 0.243. The zero-order valence-corrected chi connectivity index (χ0v) is 10.7. The molecule has 0 saturated heterocycles. The normalized spacial score (nSPS) is 10.9. The van der Waals surface area contributed by atoms with Crippen LogP contribution in [0.3, 0.4) is 0 Å². The predicted molar refractivity (Wildman–Crippen MR) is 69.2 cm³/mol. The summed E-state index contributed by atoms with van der Waals surface area (Å²) in [6.07, 6.45) is 0.205. The highest BCUT2D eigenvalue weighted by molar-refractivity contribution is 5.56. The van der Waals surface area contributed by atoms with Gasteiger partial charge in [-0.3, -0.25) is 0 Å². The summed E-state index contributed by atoms with van der Waals surface area (Å²) in [7, 11) is 4.14. The van der Waals surface area contributed by atoms with Gasteiger partial charge < -0.3 is 15.0 Å². The quantitative estimate of drug-likeness (QED) is 0.800. The summed E-state index contributed by atoms with van der Waals surface area (Å²) in [4.78, 5) is 2.15. The van der Waals surface area contributed by atoms with E-state index in [4.69, 9.17) is 4.74 Å². The second-order valence-electron chi connectivity index (χ2n) is 4.39. The number of hydrogen-bond donors (Lipinski definition) is 1. The van der Waals surface area contributed by atoms with E-state index >= 15 is 0 Å². The van der Waals surface area contributed by atoms with Crippen LogP contribution in [0.15, 0.2) is 24.3 Å². The van der Waals surface area contributed by atoms with Crippen molar-refractivity contribution in [1.82, 2.24) is 4.90 Å². The molecule has 3 nitrogen and oxygen atoms in total. The number of hydrogen-bond acceptors (Lipinski definition) is 3. The Morgan fingerprint density at radius 1 is 1.25 bits per heavy atom. The highest BCUT2D eigenvalue weighted by atomic mass is 16.5. The number of nitrogens with one attached hydrogen (secondary N) is 1. The summed E-state index contributed by atoms with van der Waals surface area (Å²) in [5, 5.41) is 3.38. The van der Waals surface area contributed by atoms with Gasteiger partial charge in [-0.05, 0) is 40.1 Å². The molecule has 0 spiro atoms. The van der Waals surface area contributed by atoms with Crippen LogP contribution < -0.4 is 10.1 Å². The van der Waals surface area contributed by atoms with Gasteiger partial charge in [-0.15, -0.1) is 0 Å². The number of anilines is 1. The van der Waals surface area contributed by atoms with Gasteiger partial charge in [0.25, 0.3) is 0 Å². The summed E-state index contributed by atoms with van der Waals surface area (Å²) in [5.74, 6) is 0.927. The average Bonchev–Trinajstić information content (AvgIpc) is 2.19. The van der Waals surface area contributed by atoms with E-state index < -0.39 is 0 Å². The number of para-hydroxylation sites is 2. The monoisotopic (exact) mass is 222 g/mol. The van der Waals surface area contributed by atoms with Gasteiger partial charge in [0, 0.05) is 13.1 Å². The van der Waals surface area contributed by atoms with Crippen LogP contribution >= 0.6 is 0 Å². The summed E-state index contributed by atoms with van der Waals surface area (Å²) in [5.41, 5.74) is 1.07. The molecule has 0 aromatic heterocycles. The van der Waals surface area contributed by atoms with Gasteiger partial charge in [-0.1, -0.05) is 12.1 Å². The molecule has 90 valence electrons. The number of ether oxygens (including phenoxy) is 1. The van der Waals surface area contributed by atoms with Gasteiger partial charge in [0.1, 0.15) is 5.75 Å². The highest BCUT2D eigenvalue weighted by Gasteiger charge is 2.03. The zero-order chi connectivity index (χ0) is 12.0. The van der Waals surface area contributed by atoms with Crippen LogP contribution in [0, 0.1) is 0 Å². The molecule has 0 aliphatic carbocycles. The first-order valence-corrected chi connectivity index (χ1v) is 5.74. The van der Waals surface area contributed by atoms with Crippen molar-refractivity contribution in [1.29, 1.82) is 0 Å². The molecule has 1 aromatic rings. The standard InChI is InChI=1S/C13H22N2O/c1-11(2)16-13-8-6-5-7-12(13)14-9-10-15(3)4/h5-8,11,14H,9-10H2,1-4H3. The van der Waals surface area contributed by atoms with E-state index in [2.05, 4.69) is 24.3 Å². The molecule has 16 heavy (non-hydrogen) atoms. The van der Waals surface area contributed by atoms with Gasteiger partial charge in [0.05, 0.1) is 11.8 Å². The van der Waals surface area contributed by atoms with E-state index in [0.29, 0.717) is 0 Å². The van der Waals surface area contributed by atoms with Gasteiger partial charge in [-0.25, -0.2) is 0 Å². The third kappa shape index (κ3) is 4.53. The molecule has 0 bridgehead atoms. The average molecular weight is 222 g/mol. The van der Waals surface area contributed by atoms with Gasteiger partial charge in [-0.2, -0.15) is 0 Å². The van der Waals surface area contributed by atoms with Crippen LogP contribution in [0.1, 0.15) is 13.8 Å². The molecule has 0 atom stereocenters. The number of nitrogens with zero attached hydrogens (tertiary/aromatic N) is 1. The topological polar surface area (TPSA) is 24.5 Å². The minimum absolute atomic E-state index is 0.205. The van der Waals surface area contributed by atoms with Crippen LogP contribution in [-0.4, -0.2) is 38.2 Å². The van der Waals surface area contributed by atoms with Gasteiger partial charge >= 0.3 is 0 Å². The molecule has 0 aliphatic heterocycles. The fourth-order valence-corrected chi connectivity index (χ4v) is 1.38. The molecular formula is C13H22N2O. The second-order valence-corrected chi connectivity index (χ2v) is 4.39. The molecule has 1 N–H and O–H groups in total. The zero-order valence-electron chi connectivity index (χ0n) is 10.7. The first-order valence-electron chi connectivity index (χ1n) is 5.74. The minimum Gasteiger partial charge on any atom is -0.489 e. The molecule has 0 aliphatic rings. The van der Waals surface area contributed by atoms with Crippen LogP contribution in [0.2, 0.25) is 0 Å². The Labute approximate surface area is 98.4 Å². The maximum Gasteiger partial charge on any atom is 0.142 e. The smallest absolute Gasteiger partial charge is 0.142 e. The molecule has 1 rings (SSSR count). The summed E-state index contributed by atoms with van der Waals surface area (Å²) in [6.45, 7) is 6.01. The van der Waals surface area contributed by atoms with Crippen molar-refractivity contribution in [3.63, 3.8) is 0 Å². The Balaban J connectivity index is 2.56. The molecular weight excluding hydrogens is 200 g/mol. The molecule has 3 heteroatoms. The van der Waals surface area contributed by atoms with Crippen molar-refractivity contribution >= 4 is 5.69 Å². The Kier molecular flexibility index (Phi) is 5.12. The van der Waals surface area contributed by atoms with Crippen molar-refractivity contribution in [3.8, 4) is 5.75 Å². The van der Waals surface area contributed by atoms with Crippen molar-refractivity contribution in [3.05, 3.63) is 24.3 Å². The maximum absolute atomic E-state index is 5.73. The van der Waals surface area contributed by atoms with Crippen LogP contribution in [0.4, 0.5) is 5.69 Å². The van der Waals surface area contributed by atoms with E-state index in [-0.39, 0.29) is 6.10 Å². The molecule has 0 radical (unpaired) electrons. The minimum atomic E-state index is 0.205. The van der Waals surface area contributed by atoms with E-state index in [1.165, 1.54) is 0 Å². The van der Waals surface area contributed by atoms with Crippen LogP contribution in [-0.2, 0) is 0 Å². The maximum atomic E-state index is 5.73. The van der Waals surface area contributed by atoms with Crippen molar-refractivity contribution in [2.75, 3.05) is 32.5 Å². The van der Waals surface area contributed by atoms with E-state index in [0.717, 1.165) is 24.5 Å². The fraction of sp³-hybridized carbons (Fsp3) is 0.538.